The molecule has 0 amide bonds. The van der Waals surface area contributed by atoms with Gasteiger partial charge in [-0.1, -0.05) is 6.92 Å². The van der Waals surface area contributed by atoms with Crippen LogP contribution >= 0.6 is 0 Å². The maximum Gasteiger partial charge on any atom is 0.185 e. The molecular formula is C13H15F2NO. The zero-order valence-electron chi connectivity index (χ0n) is 9.72. The Labute approximate surface area is 99.0 Å². The highest BCUT2D eigenvalue weighted by molar-refractivity contribution is 6.03. The SMILES string of the molecule is CCC1(C(=O)c2ccc(F)cc2F)CCCN1. The zero-order valence-corrected chi connectivity index (χ0v) is 9.72. The van der Waals surface area contributed by atoms with E-state index in [2.05, 4.69) is 5.32 Å². The molecule has 0 bridgehead atoms. The van der Waals surface area contributed by atoms with Gasteiger partial charge in [-0.3, -0.25) is 4.79 Å². The fourth-order valence-electron chi connectivity index (χ4n) is 2.39. The van der Waals surface area contributed by atoms with Crippen LogP contribution in [0.25, 0.3) is 0 Å². The molecule has 92 valence electrons. The van der Waals surface area contributed by atoms with Crippen LogP contribution in [0.4, 0.5) is 8.78 Å². The van der Waals surface area contributed by atoms with Gasteiger partial charge in [-0.2, -0.15) is 0 Å². The number of hydrogen-bond donors (Lipinski definition) is 1. The van der Waals surface area contributed by atoms with Gasteiger partial charge in [-0.25, -0.2) is 8.78 Å². The Morgan fingerprint density at radius 2 is 2.24 bits per heavy atom. The number of rotatable bonds is 3. The number of carbonyl (C=O) groups is 1. The Hall–Kier alpha value is -1.29. The normalized spacial score (nSPS) is 23.9. The van der Waals surface area contributed by atoms with Gasteiger partial charge in [-0.05, 0) is 37.9 Å². The third kappa shape index (κ3) is 2.09. The van der Waals surface area contributed by atoms with Crippen molar-refractivity contribution < 1.29 is 13.6 Å². The molecule has 0 aromatic heterocycles. The molecule has 4 heteroatoms. The Kier molecular flexibility index (Phi) is 3.24. The van der Waals surface area contributed by atoms with Crippen LogP contribution in [0.15, 0.2) is 18.2 Å². The molecule has 1 aliphatic heterocycles. The van der Waals surface area contributed by atoms with Crippen LogP contribution in [-0.4, -0.2) is 17.9 Å². The number of benzene rings is 1. The second-order valence-electron chi connectivity index (χ2n) is 4.42. The molecule has 1 saturated heterocycles. The molecule has 0 aliphatic carbocycles. The predicted molar refractivity (Wildman–Crippen MR) is 60.9 cm³/mol. The maximum atomic E-state index is 13.6. The molecule has 0 radical (unpaired) electrons. The molecule has 2 nitrogen and oxygen atoms in total. The summed E-state index contributed by atoms with van der Waals surface area (Å²) in [5.74, 6) is -1.71. The molecule has 0 spiro atoms. The van der Waals surface area contributed by atoms with Gasteiger partial charge in [0.15, 0.2) is 5.78 Å². The van der Waals surface area contributed by atoms with E-state index in [1.54, 1.807) is 0 Å². The number of Topliss-reactive ketones (excluding diaryl/α,β-unsaturated/α-hetero) is 1. The summed E-state index contributed by atoms with van der Waals surface area (Å²) in [5, 5.41) is 3.15. The van der Waals surface area contributed by atoms with Crippen molar-refractivity contribution in [3.05, 3.63) is 35.4 Å². The Morgan fingerprint density at radius 3 is 2.76 bits per heavy atom. The van der Waals surface area contributed by atoms with Crippen LogP contribution in [0.3, 0.4) is 0 Å². The third-order valence-electron chi connectivity index (χ3n) is 3.46. The van der Waals surface area contributed by atoms with Crippen molar-refractivity contribution in [1.29, 1.82) is 0 Å². The first-order valence-electron chi connectivity index (χ1n) is 5.84. The van der Waals surface area contributed by atoms with Gasteiger partial charge in [0.25, 0.3) is 0 Å². The highest BCUT2D eigenvalue weighted by Gasteiger charge is 2.40. The Balaban J connectivity index is 2.36. The summed E-state index contributed by atoms with van der Waals surface area (Å²) in [7, 11) is 0. The van der Waals surface area contributed by atoms with Gasteiger partial charge in [0.1, 0.15) is 11.6 Å². The molecule has 1 unspecified atom stereocenters. The second kappa shape index (κ2) is 4.53. The van der Waals surface area contributed by atoms with Gasteiger partial charge in [0.2, 0.25) is 0 Å². The summed E-state index contributed by atoms with van der Waals surface area (Å²) in [6, 6.07) is 3.10. The van der Waals surface area contributed by atoms with E-state index >= 15 is 0 Å². The number of hydrogen-bond acceptors (Lipinski definition) is 2. The molecule has 0 saturated carbocycles. The average Bonchev–Trinajstić information content (AvgIpc) is 2.78. The van der Waals surface area contributed by atoms with Crippen molar-refractivity contribution in [1.82, 2.24) is 5.32 Å². The van der Waals surface area contributed by atoms with Crippen LogP contribution in [0.1, 0.15) is 36.5 Å². The number of halogens is 2. The standard InChI is InChI=1S/C13H15F2NO/c1-2-13(6-3-7-16-13)12(17)10-5-4-9(14)8-11(10)15/h4-5,8,16H,2-3,6-7H2,1H3. The largest absolute Gasteiger partial charge is 0.305 e. The molecule has 1 aromatic rings. The molecule has 1 N–H and O–H groups in total. The predicted octanol–water partition coefficient (Wildman–Crippen LogP) is 2.68. The summed E-state index contributed by atoms with van der Waals surface area (Å²) >= 11 is 0. The van der Waals surface area contributed by atoms with Gasteiger partial charge in [0.05, 0.1) is 11.1 Å². The van der Waals surface area contributed by atoms with Crippen molar-refractivity contribution in [2.24, 2.45) is 0 Å². The second-order valence-corrected chi connectivity index (χ2v) is 4.42. The van der Waals surface area contributed by atoms with Crippen LogP contribution in [0.2, 0.25) is 0 Å². The van der Waals surface area contributed by atoms with Crippen molar-refractivity contribution in [2.75, 3.05) is 6.54 Å². The number of ketones is 1. The van der Waals surface area contributed by atoms with E-state index in [1.807, 2.05) is 6.92 Å². The first-order valence-corrected chi connectivity index (χ1v) is 5.84. The summed E-state index contributed by atoms with van der Waals surface area (Å²) in [6.45, 7) is 2.67. The summed E-state index contributed by atoms with van der Waals surface area (Å²) in [6.07, 6.45) is 2.23. The van der Waals surface area contributed by atoms with Crippen LogP contribution in [-0.2, 0) is 0 Å². The minimum absolute atomic E-state index is 0.0253. The highest BCUT2D eigenvalue weighted by atomic mass is 19.1. The smallest absolute Gasteiger partial charge is 0.185 e. The van der Waals surface area contributed by atoms with Crippen molar-refractivity contribution >= 4 is 5.78 Å². The first kappa shape index (κ1) is 12.2. The Bertz CT molecular complexity index is 439. The monoisotopic (exact) mass is 239 g/mol. The van der Waals surface area contributed by atoms with E-state index in [0.29, 0.717) is 12.8 Å². The average molecular weight is 239 g/mol. The molecule has 1 heterocycles. The van der Waals surface area contributed by atoms with E-state index < -0.39 is 17.2 Å². The lowest BCUT2D eigenvalue weighted by atomic mass is 9.85. The molecule has 1 aromatic carbocycles. The van der Waals surface area contributed by atoms with Crippen LogP contribution in [0, 0.1) is 11.6 Å². The van der Waals surface area contributed by atoms with E-state index in [9.17, 15) is 13.6 Å². The molecule has 1 fully saturated rings. The molecule has 1 atom stereocenters. The van der Waals surface area contributed by atoms with Crippen molar-refractivity contribution in [3.63, 3.8) is 0 Å². The third-order valence-corrected chi connectivity index (χ3v) is 3.46. The fourth-order valence-corrected chi connectivity index (χ4v) is 2.39. The fraction of sp³-hybridized carbons (Fsp3) is 0.462. The van der Waals surface area contributed by atoms with Crippen molar-refractivity contribution in [3.8, 4) is 0 Å². The first-order chi connectivity index (χ1) is 8.09. The van der Waals surface area contributed by atoms with Crippen LogP contribution in [0.5, 0.6) is 0 Å². The summed E-state index contributed by atoms with van der Waals surface area (Å²) < 4.78 is 26.4. The van der Waals surface area contributed by atoms with E-state index in [4.69, 9.17) is 0 Å². The van der Waals surface area contributed by atoms with Gasteiger partial charge < -0.3 is 5.32 Å². The minimum atomic E-state index is -0.781. The van der Waals surface area contributed by atoms with E-state index in [0.717, 1.165) is 25.1 Å². The lowest BCUT2D eigenvalue weighted by molar-refractivity contribution is 0.0859. The number of nitrogens with one attached hydrogen (secondary N) is 1. The van der Waals surface area contributed by atoms with Crippen molar-refractivity contribution in [2.45, 2.75) is 31.7 Å². The maximum absolute atomic E-state index is 13.6. The summed E-state index contributed by atoms with van der Waals surface area (Å²) in [4.78, 5) is 12.3. The molecule has 2 rings (SSSR count). The Morgan fingerprint density at radius 1 is 1.47 bits per heavy atom. The molecule has 17 heavy (non-hydrogen) atoms. The summed E-state index contributed by atoms with van der Waals surface area (Å²) in [5.41, 5.74) is -0.693. The quantitative estimate of drug-likeness (QED) is 0.822. The lowest BCUT2D eigenvalue weighted by Crippen LogP contribution is -2.47. The van der Waals surface area contributed by atoms with E-state index in [-0.39, 0.29) is 11.3 Å². The zero-order chi connectivity index (χ0) is 12.5. The van der Waals surface area contributed by atoms with Gasteiger partial charge in [0, 0.05) is 6.07 Å². The van der Waals surface area contributed by atoms with E-state index in [1.165, 1.54) is 6.07 Å². The molecular weight excluding hydrogens is 224 g/mol. The molecule has 1 aliphatic rings. The number of carbonyl (C=O) groups excluding carboxylic acids is 1. The van der Waals surface area contributed by atoms with Crippen LogP contribution < -0.4 is 5.32 Å². The lowest BCUT2D eigenvalue weighted by Gasteiger charge is -2.26. The minimum Gasteiger partial charge on any atom is -0.305 e. The van der Waals surface area contributed by atoms with Gasteiger partial charge in [-0.15, -0.1) is 0 Å². The highest BCUT2D eigenvalue weighted by Crippen LogP contribution is 2.28. The topological polar surface area (TPSA) is 29.1 Å². The van der Waals surface area contributed by atoms with Gasteiger partial charge >= 0.3 is 0 Å².